The molecule has 0 radical (unpaired) electrons. The van der Waals surface area contributed by atoms with Crippen molar-refractivity contribution in [1.82, 2.24) is 5.32 Å². The van der Waals surface area contributed by atoms with Gasteiger partial charge in [-0.2, -0.15) is 0 Å². The van der Waals surface area contributed by atoms with Crippen LogP contribution in [0.5, 0.6) is 0 Å². The molecule has 7 nitrogen and oxygen atoms in total. The average molecular weight is 166 g/mol. The minimum Gasteiger partial charge on any atom is -0.329 e. The lowest BCUT2D eigenvalue weighted by Crippen LogP contribution is -2.27. The molecule has 0 rings (SSSR count). The van der Waals surface area contributed by atoms with Gasteiger partial charge in [0.05, 0.1) is 0 Å². The number of hydrogen-bond acceptors (Lipinski definition) is 4. The molecule has 0 unspecified atom stereocenters. The minimum absolute atomic E-state index is 0.694. The molecule has 8 N–H and O–H groups in total. The minimum atomic E-state index is -0.750. The van der Waals surface area contributed by atoms with Gasteiger partial charge in [0.2, 0.25) is 0 Å². The molecule has 7 heteroatoms. The first-order chi connectivity index (χ1) is 5.15. The van der Waals surface area contributed by atoms with Crippen LogP contribution in [0.15, 0.2) is 0 Å². The molecule has 0 aliphatic heterocycles. The Bertz CT molecular complexity index is 80.6. The summed E-state index contributed by atoms with van der Waals surface area (Å²) in [5.74, 6) is 3.94. The molecule has 0 spiro atoms. The molecule has 0 fully saturated rings. The van der Waals surface area contributed by atoms with Crippen LogP contribution >= 0.6 is 0 Å². The van der Waals surface area contributed by atoms with Gasteiger partial charge in [-0.15, -0.1) is 5.84 Å². The van der Waals surface area contributed by atoms with E-state index in [4.69, 9.17) is 21.6 Å². The highest BCUT2D eigenvalue weighted by molar-refractivity contribution is 4.45. The Hall–Kier alpha value is -0.920. The maximum absolute atomic E-state index is 8.69. The van der Waals surface area contributed by atoms with Gasteiger partial charge in [0, 0.05) is 26.2 Å². The van der Waals surface area contributed by atoms with Crippen LogP contribution in [0.1, 0.15) is 0 Å². The third kappa shape index (κ3) is 48.0. The lowest BCUT2D eigenvalue weighted by atomic mass is 10.6. The number of nitrogens with one attached hydrogen (secondary N) is 1. The van der Waals surface area contributed by atoms with Gasteiger partial charge in [-0.25, -0.2) is 5.21 Å². The topological polar surface area (TPSA) is 130 Å². The van der Waals surface area contributed by atoms with Crippen molar-refractivity contribution in [2.75, 3.05) is 26.2 Å². The Labute approximate surface area is 65.0 Å². The smallest absolute Gasteiger partial charge is 0.329 e. The molecule has 0 saturated heterocycles. The van der Waals surface area contributed by atoms with Crippen molar-refractivity contribution < 1.29 is 10.2 Å². The van der Waals surface area contributed by atoms with Crippen molar-refractivity contribution in [3.05, 3.63) is 4.91 Å². The fourth-order valence-electron chi connectivity index (χ4n) is 0.329. The Morgan fingerprint density at radius 1 is 1.27 bits per heavy atom. The number of nitrogens with two attached hydrogens (primary N) is 3. The SMILES string of the molecule is NCCNCCN.N[N+](=O)O. The van der Waals surface area contributed by atoms with E-state index in [0.29, 0.717) is 13.1 Å². The molecule has 0 saturated carbocycles. The summed E-state index contributed by atoms with van der Waals surface area (Å²) < 4.78 is 0. The van der Waals surface area contributed by atoms with E-state index >= 15 is 0 Å². The second-order valence-corrected chi connectivity index (χ2v) is 1.63. The summed E-state index contributed by atoms with van der Waals surface area (Å²) in [7, 11) is 0. The van der Waals surface area contributed by atoms with Crippen molar-refractivity contribution >= 4 is 0 Å². The fourth-order valence-corrected chi connectivity index (χ4v) is 0.329. The van der Waals surface area contributed by atoms with Gasteiger partial charge in [0.1, 0.15) is 4.91 Å². The van der Waals surface area contributed by atoms with Crippen molar-refractivity contribution in [2.45, 2.75) is 0 Å². The predicted octanol–water partition coefficient (Wildman–Crippen LogP) is -2.48. The monoisotopic (exact) mass is 166 g/mol. The van der Waals surface area contributed by atoms with Crippen LogP contribution in [-0.4, -0.2) is 36.4 Å². The molecule has 0 aromatic rings. The van der Waals surface area contributed by atoms with Gasteiger partial charge < -0.3 is 16.8 Å². The zero-order chi connectivity index (χ0) is 9.11. The van der Waals surface area contributed by atoms with E-state index in [-0.39, 0.29) is 0 Å². The van der Waals surface area contributed by atoms with Crippen molar-refractivity contribution in [3.8, 4) is 0 Å². The Morgan fingerprint density at radius 2 is 1.55 bits per heavy atom. The quantitative estimate of drug-likeness (QED) is 0.178. The van der Waals surface area contributed by atoms with E-state index in [1.165, 1.54) is 0 Å². The van der Waals surface area contributed by atoms with Gasteiger partial charge in [0.25, 0.3) is 0 Å². The maximum Gasteiger partial charge on any atom is 0.352 e. The van der Waals surface area contributed by atoms with Crippen molar-refractivity contribution in [1.29, 1.82) is 0 Å². The zero-order valence-electron chi connectivity index (χ0n) is 6.36. The fraction of sp³-hybridized carbons (Fsp3) is 1.00. The molecular formula is C4H16N5O2+. The lowest BCUT2D eigenvalue weighted by molar-refractivity contribution is -0.801. The standard InChI is InChI=1S/C4H13N3.H3N2O2/c5-1-3-7-4-2-6;1-2(3)4/h7H,1-6H2;1H2,(H,3,4)/q;+1. The third-order valence-electron chi connectivity index (χ3n) is 0.642. The van der Waals surface area contributed by atoms with Crippen LogP contribution in [0.2, 0.25) is 0 Å². The molecule has 0 aromatic carbocycles. The summed E-state index contributed by atoms with van der Waals surface area (Å²) in [6.07, 6.45) is 0. The number of hydrazine groups is 1. The number of rotatable bonds is 4. The molecule has 0 amide bonds. The average Bonchev–Trinajstić information content (AvgIpc) is 1.88. The molecule has 0 aromatic heterocycles. The van der Waals surface area contributed by atoms with Gasteiger partial charge in [0.15, 0.2) is 0 Å². The van der Waals surface area contributed by atoms with Crippen LogP contribution in [0.4, 0.5) is 0 Å². The van der Waals surface area contributed by atoms with Crippen LogP contribution in [-0.2, 0) is 0 Å². The molecule has 0 aliphatic carbocycles. The summed E-state index contributed by atoms with van der Waals surface area (Å²) in [6, 6.07) is 0. The highest BCUT2D eigenvalue weighted by Crippen LogP contribution is 1.49. The molecule has 0 aliphatic rings. The van der Waals surface area contributed by atoms with E-state index in [0.717, 1.165) is 13.1 Å². The molecule has 0 bridgehead atoms. The summed E-state index contributed by atoms with van der Waals surface area (Å²) in [5.41, 5.74) is 10.3. The Balaban J connectivity index is 0. The Morgan fingerprint density at radius 3 is 1.73 bits per heavy atom. The highest BCUT2D eigenvalue weighted by atomic mass is 16.7. The van der Waals surface area contributed by atoms with Crippen LogP contribution in [0.25, 0.3) is 0 Å². The summed E-state index contributed by atoms with van der Waals surface area (Å²) in [5, 5.41) is 9.40. The van der Waals surface area contributed by atoms with Gasteiger partial charge in [-0.1, -0.05) is 0 Å². The summed E-state index contributed by atoms with van der Waals surface area (Å²) in [4.78, 5) is 8.69. The van der Waals surface area contributed by atoms with Crippen LogP contribution in [0, 0.1) is 4.91 Å². The second kappa shape index (κ2) is 11.8. The van der Waals surface area contributed by atoms with Crippen LogP contribution < -0.4 is 22.6 Å². The van der Waals surface area contributed by atoms with E-state index in [2.05, 4.69) is 11.2 Å². The van der Waals surface area contributed by atoms with E-state index in [9.17, 15) is 0 Å². The van der Waals surface area contributed by atoms with Gasteiger partial charge in [-0.3, -0.25) is 0 Å². The molecule has 0 atom stereocenters. The van der Waals surface area contributed by atoms with E-state index in [1.807, 2.05) is 0 Å². The summed E-state index contributed by atoms with van der Waals surface area (Å²) >= 11 is 0. The first-order valence-electron chi connectivity index (χ1n) is 3.16. The zero-order valence-corrected chi connectivity index (χ0v) is 6.36. The molecule has 0 heterocycles. The normalized spacial score (nSPS) is 8.18. The number of nitrogens with zero attached hydrogens (tertiary/aromatic N) is 1. The Kier molecular flexibility index (Phi) is 13.7. The predicted molar refractivity (Wildman–Crippen MR) is 40.6 cm³/mol. The molecule has 68 valence electrons. The largest absolute Gasteiger partial charge is 0.352 e. The van der Waals surface area contributed by atoms with Crippen molar-refractivity contribution in [2.24, 2.45) is 17.3 Å². The highest BCUT2D eigenvalue weighted by Gasteiger charge is 1.76. The molecule has 11 heavy (non-hydrogen) atoms. The first kappa shape index (κ1) is 12.7. The third-order valence-corrected chi connectivity index (χ3v) is 0.642. The van der Waals surface area contributed by atoms with Crippen molar-refractivity contribution in [3.63, 3.8) is 0 Å². The maximum atomic E-state index is 8.69. The second-order valence-electron chi connectivity index (χ2n) is 1.63. The van der Waals surface area contributed by atoms with E-state index in [1.54, 1.807) is 0 Å². The van der Waals surface area contributed by atoms with E-state index < -0.39 is 5.03 Å². The van der Waals surface area contributed by atoms with Crippen LogP contribution in [0.3, 0.4) is 0 Å². The first-order valence-corrected chi connectivity index (χ1v) is 3.16. The summed E-state index contributed by atoms with van der Waals surface area (Å²) in [6.45, 7) is 3.13. The van der Waals surface area contributed by atoms with Gasteiger partial charge >= 0.3 is 5.03 Å². The number of hydrogen-bond donors (Lipinski definition) is 5. The van der Waals surface area contributed by atoms with Gasteiger partial charge in [-0.05, 0) is 0 Å². The molecular weight excluding hydrogens is 150 g/mol. The lowest BCUT2D eigenvalue weighted by Gasteiger charge is -1.95.